The molecule has 0 aliphatic carbocycles. The van der Waals surface area contributed by atoms with Crippen LogP contribution in [0.2, 0.25) is 0 Å². The Morgan fingerprint density at radius 1 is 1.47 bits per heavy atom. The van der Waals surface area contributed by atoms with Crippen LogP contribution in [0.1, 0.15) is 57.6 Å². The number of H-pyrrole nitrogens is 1. The molecule has 5 nitrogen and oxygen atoms in total. The molecule has 1 heterocycles. The summed E-state index contributed by atoms with van der Waals surface area (Å²) < 4.78 is 0. The van der Waals surface area contributed by atoms with E-state index < -0.39 is 0 Å². The molecule has 0 aliphatic heterocycles. The van der Waals surface area contributed by atoms with Crippen molar-refractivity contribution in [3.05, 3.63) is 11.8 Å². The number of rotatable bonds is 8. The Morgan fingerprint density at radius 2 is 2.24 bits per heavy atom. The van der Waals surface area contributed by atoms with E-state index in [9.17, 15) is 0 Å². The lowest BCUT2D eigenvalue weighted by Gasteiger charge is -2.21. The lowest BCUT2D eigenvalue weighted by atomic mass is 9.90. The second kappa shape index (κ2) is 7.29. The van der Waals surface area contributed by atoms with Gasteiger partial charge in [-0.2, -0.15) is 5.10 Å². The molecule has 5 heteroatoms. The second-order valence-electron chi connectivity index (χ2n) is 4.61. The Labute approximate surface area is 103 Å². The van der Waals surface area contributed by atoms with Gasteiger partial charge in [0.2, 0.25) is 0 Å². The van der Waals surface area contributed by atoms with Crippen molar-refractivity contribution in [1.82, 2.24) is 15.6 Å². The fourth-order valence-corrected chi connectivity index (χ4v) is 2.18. The molecule has 2 unspecified atom stereocenters. The van der Waals surface area contributed by atoms with Gasteiger partial charge in [-0.3, -0.25) is 16.4 Å². The molecule has 2 atom stereocenters. The number of nitrogens with one attached hydrogen (secondary N) is 2. The molecule has 0 aliphatic rings. The van der Waals surface area contributed by atoms with Crippen molar-refractivity contribution in [2.24, 2.45) is 11.8 Å². The summed E-state index contributed by atoms with van der Waals surface area (Å²) >= 11 is 0. The van der Waals surface area contributed by atoms with Crippen LogP contribution in [-0.4, -0.2) is 10.2 Å². The Bertz CT molecular complexity index is 310. The van der Waals surface area contributed by atoms with Gasteiger partial charge in [-0.25, -0.2) is 0 Å². The molecule has 17 heavy (non-hydrogen) atoms. The number of nitrogens with zero attached hydrogens (tertiary/aromatic N) is 1. The predicted molar refractivity (Wildman–Crippen MR) is 71.0 cm³/mol. The fourth-order valence-electron chi connectivity index (χ4n) is 2.18. The maximum atomic E-state index is 5.82. The summed E-state index contributed by atoms with van der Waals surface area (Å²) in [7, 11) is 0. The van der Waals surface area contributed by atoms with Gasteiger partial charge >= 0.3 is 0 Å². The van der Waals surface area contributed by atoms with E-state index in [0.29, 0.717) is 11.7 Å². The quantitative estimate of drug-likeness (QED) is 0.413. The fraction of sp³-hybridized carbons (Fsp3) is 0.750. The standard InChI is InChI=1S/C12H25N5/c1-3-5-6-9(4-2)7-11(16-14)10-8-15-17-12(10)13/h8-9,11,16H,3-7,14H2,1-2H3,(H3,13,15,17). The summed E-state index contributed by atoms with van der Waals surface area (Å²) in [6, 6.07) is 0.0931. The average molecular weight is 239 g/mol. The van der Waals surface area contributed by atoms with E-state index in [0.717, 1.165) is 12.0 Å². The minimum atomic E-state index is 0.0931. The molecule has 0 fully saturated rings. The number of aromatic amines is 1. The van der Waals surface area contributed by atoms with Crippen LogP contribution in [0.15, 0.2) is 6.20 Å². The Hall–Kier alpha value is -1.07. The number of hydrogen-bond acceptors (Lipinski definition) is 4. The zero-order chi connectivity index (χ0) is 12.7. The topological polar surface area (TPSA) is 92.7 Å². The number of hydrogen-bond donors (Lipinski definition) is 4. The summed E-state index contributed by atoms with van der Waals surface area (Å²) in [4.78, 5) is 0. The molecule has 0 spiro atoms. The zero-order valence-electron chi connectivity index (χ0n) is 10.9. The Morgan fingerprint density at radius 3 is 2.71 bits per heavy atom. The summed E-state index contributed by atoms with van der Waals surface area (Å²) in [6.07, 6.45) is 7.71. The third-order valence-corrected chi connectivity index (χ3v) is 3.39. The maximum Gasteiger partial charge on any atom is 0.123 e. The van der Waals surface area contributed by atoms with E-state index in [2.05, 4.69) is 29.5 Å². The van der Waals surface area contributed by atoms with Crippen LogP contribution in [0.25, 0.3) is 0 Å². The van der Waals surface area contributed by atoms with Crippen molar-refractivity contribution < 1.29 is 0 Å². The van der Waals surface area contributed by atoms with Gasteiger partial charge in [-0.15, -0.1) is 0 Å². The van der Waals surface area contributed by atoms with Gasteiger partial charge in [0, 0.05) is 5.56 Å². The molecule has 0 bridgehead atoms. The van der Waals surface area contributed by atoms with Crippen LogP contribution in [0.3, 0.4) is 0 Å². The first kappa shape index (κ1) is 14.0. The molecule has 0 radical (unpaired) electrons. The molecule has 6 N–H and O–H groups in total. The highest BCUT2D eigenvalue weighted by molar-refractivity contribution is 5.39. The van der Waals surface area contributed by atoms with Crippen molar-refractivity contribution in [1.29, 1.82) is 0 Å². The first-order valence-electron chi connectivity index (χ1n) is 6.47. The average Bonchev–Trinajstić information content (AvgIpc) is 2.76. The smallest absolute Gasteiger partial charge is 0.123 e. The van der Waals surface area contributed by atoms with E-state index in [4.69, 9.17) is 11.6 Å². The van der Waals surface area contributed by atoms with Crippen LogP contribution in [-0.2, 0) is 0 Å². The molecule has 0 aromatic carbocycles. The molecule has 1 aromatic rings. The van der Waals surface area contributed by atoms with Crippen LogP contribution >= 0.6 is 0 Å². The van der Waals surface area contributed by atoms with Gasteiger partial charge in [0.25, 0.3) is 0 Å². The number of nitrogens with two attached hydrogens (primary N) is 2. The van der Waals surface area contributed by atoms with Crippen LogP contribution in [0, 0.1) is 5.92 Å². The number of hydrazine groups is 1. The molecule has 1 rings (SSSR count). The highest BCUT2D eigenvalue weighted by Gasteiger charge is 2.18. The van der Waals surface area contributed by atoms with E-state index in [1.807, 2.05) is 0 Å². The number of anilines is 1. The largest absolute Gasteiger partial charge is 0.384 e. The van der Waals surface area contributed by atoms with E-state index in [-0.39, 0.29) is 6.04 Å². The minimum absolute atomic E-state index is 0.0931. The third kappa shape index (κ3) is 4.02. The lowest BCUT2D eigenvalue weighted by molar-refractivity contribution is 0.357. The molecular weight excluding hydrogens is 214 g/mol. The molecule has 1 aromatic heterocycles. The summed E-state index contributed by atoms with van der Waals surface area (Å²) in [5.74, 6) is 6.91. The number of nitrogen functional groups attached to an aromatic ring is 1. The first-order valence-corrected chi connectivity index (χ1v) is 6.47. The monoisotopic (exact) mass is 239 g/mol. The van der Waals surface area contributed by atoms with Gasteiger partial charge in [-0.1, -0.05) is 39.5 Å². The predicted octanol–water partition coefficient (Wildman–Crippen LogP) is 2.10. The van der Waals surface area contributed by atoms with Crippen LogP contribution in [0.4, 0.5) is 5.82 Å². The second-order valence-corrected chi connectivity index (χ2v) is 4.61. The van der Waals surface area contributed by atoms with Gasteiger partial charge < -0.3 is 5.73 Å². The van der Waals surface area contributed by atoms with E-state index >= 15 is 0 Å². The van der Waals surface area contributed by atoms with Crippen molar-refractivity contribution in [2.45, 2.75) is 52.0 Å². The van der Waals surface area contributed by atoms with E-state index in [1.165, 1.54) is 25.7 Å². The van der Waals surface area contributed by atoms with Crippen LogP contribution < -0.4 is 17.0 Å². The normalized spacial score (nSPS) is 14.8. The third-order valence-electron chi connectivity index (χ3n) is 3.39. The Kier molecular flexibility index (Phi) is 6.00. The highest BCUT2D eigenvalue weighted by atomic mass is 15.2. The van der Waals surface area contributed by atoms with Crippen molar-refractivity contribution in [2.75, 3.05) is 5.73 Å². The van der Waals surface area contributed by atoms with Gasteiger partial charge in [0.05, 0.1) is 12.2 Å². The lowest BCUT2D eigenvalue weighted by Crippen LogP contribution is -2.30. The number of unbranched alkanes of at least 4 members (excludes halogenated alkanes) is 1. The number of aromatic nitrogens is 2. The molecule has 0 saturated heterocycles. The highest BCUT2D eigenvalue weighted by Crippen LogP contribution is 2.28. The first-order chi connectivity index (χ1) is 8.22. The minimum Gasteiger partial charge on any atom is -0.384 e. The summed E-state index contributed by atoms with van der Waals surface area (Å²) in [5.41, 5.74) is 9.64. The van der Waals surface area contributed by atoms with Crippen molar-refractivity contribution in [3.63, 3.8) is 0 Å². The van der Waals surface area contributed by atoms with Crippen LogP contribution in [0.5, 0.6) is 0 Å². The van der Waals surface area contributed by atoms with Gasteiger partial charge in [0.15, 0.2) is 0 Å². The molecule has 98 valence electrons. The summed E-state index contributed by atoms with van der Waals surface area (Å²) in [5, 5.41) is 6.69. The van der Waals surface area contributed by atoms with Crippen molar-refractivity contribution >= 4 is 5.82 Å². The molecular formula is C12H25N5. The maximum absolute atomic E-state index is 5.82. The molecule has 0 saturated carbocycles. The Balaban J connectivity index is 2.59. The summed E-state index contributed by atoms with van der Waals surface area (Å²) in [6.45, 7) is 4.45. The SMILES string of the molecule is CCCCC(CC)CC(NN)c1cn[nH]c1N. The van der Waals surface area contributed by atoms with E-state index in [1.54, 1.807) is 6.20 Å². The zero-order valence-corrected chi connectivity index (χ0v) is 10.9. The molecule has 0 amide bonds. The van der Waals surface area contributed by atoms with Gasteiger partial charge in [0.1, 0.15) is 5.82 Å². The van der Waals surface area contributed by atoms with Crippen molar-refractivity contribution in [3.8, 4) is 0 Å². The van der Waals surface area contributed by atoms with Gasteiger partial charge in [-0.05, 0) is 12.3 Å².